The number of nitrogens with zero attached hydrogens (tertiary/aromatic N) is 2. The van der Waals surface area contributed by atoms with Crippen molar-refractivity contribution in [3.63, 3.8) is 0 Å². The molecule has 0 bridgehead atoms. The van der Waals surface area contributed by atoms with Gasteiger partial charge in [0, 0.05) is 6.54 Å². The van der Waals surface area contributed by atoms with Gasteiger partial charge in [-0.25, -0.2) is 0 Å². The van der Waals surface area contributed by atoms with Crippen molar-refractivity contribution in [3.8, 4) is 6.07 Å². The lowest BCUT2D eigenvalue weighted by atomic mass is 9.99. The Bertz CT molecular complexity index is 521. The maximum atomic E-state index is 11.6. The molecule has 5 nitrogen and oxygen atoms in total. The average molecular weight is 257 g/mol. The minimum absolute atomic E-state index is 0.151. The summed E-state index contributed by atoms with van der Waals surface area (Å²) in [6.07, 6.45) is 0. The summed E-state index contributed by atoms with van der Waals surface area (Å²) in [6.45, 7) is 2.26. The number of nitrogens with one attached hydrogen (secondary N) is 1. The molecule has 2 atom stereocenters. The van der Waals surface area contributed by atoms with Gasteiger partial charge in [-0.1, -0.05) is 30.3 Å². The van der Waals surface area contributed by atoms with Gasteiger partial charge in [0.05, 0.1) is 24.6 Å². The number of amides is 2. The number of imide groups is 1. The lowest BCUT2D eigenvalue weighted by Gasteiger charge is -2.32. The maximum Gasteiger partial charge on any atom is 0.243 e. The summed E-state index contributed by atoms with van der Waals surface area (Å²) in [5, 5.41) is 11.6. The van der Waals surface area contributed by atoms with E-state index in [1.807, 2.05) is 30.3 Å². The van der Waals surface area contributed by atoms with E-state index in [1.54, 1.807) is 11.8 Å². The van der Waals surface area contributed by atoms with E-state index in [9.17, 15) is 14.9 Å². The van der Waals surface area contributed by atoms with Crippen LogP contribution in [0.1, 0.15) is 18.4 Å². The minimum Gasteiger partial charge on any atom is -0.294 e. The molecule has 0 radical (unpaired) electrons. The fourth-order valence-electron chi connectivity index (χ4n) is 2.13. The second kappa shape index (κ2) is 5.63. The summed E-state index contributed by atoms with van der Waals surface area (Å²) in [5.41, 5.74) is 0.899. The van der Waals surface area contributed by atoms with Crippen molar-refractivity contribution < 1.29 is 9.59 Å². The second-order valence-electron chi connectivity index (χ2n) is 4.61. The molecule has 2 unspecified atom stereocenters. The molecule has 5 heteroatoms. The van der Waals surface area contributed by atoms with E-state index in [4.69, 9.17) is 0 Å². The summed E-state index contributed by atoms with van der Waals surface area (Å²) in [4.78, 5) is 24.7. The van der Waals surface area contributed by atoms with Crippen molar-refractivity contribution in [1.29, 1.82) is 5.26 Å². The van der Waals surface area contributed by atoms with E-state index < -0.39 is 6.04 Å². The van der Waals surface area contributed by atoms with Crippen molar-refractivity contribution in [2.24, 2.45) is 0 Å². The first-order valence-corrected chi connectivity index (χ1v) is 6.14. The number of carbonyl (C=O) groups is 2. The molecule has 0 aromatic heterocycles. The van der Waals surface area contributed by atoms with E-state index in [1.165, 1.54) is 0 Å². The Kier molecular flexibility index (Phi) is 3.93. The zero-order chi connectivity index (χ0) is 13.8. The third-order valence-corrected chi connectivity index (χ3v) is 3.31. The van der Waals surface area contributed by atoms with E-state index >= 15 is 0 Å². The Morgan fingerprint density at radius 3 is 2.74 bits per heavy atom. The number of carbonyl (C=O) groups excluding carboxylic acids is 2. The van der Waals surface area contributed by atoms with Gasteiger partial charge < -0.3 is 0 Å². The van der Waals surface area contributed by atoms with Crippen molar-refractivity contribution in [1.82, 2.24) is 10.2 Å². The minimum atomic E-state index is -0.391. The van der Waals surface area contributed by atoms with Gasteiger partial charge >= 0.3 is 0 Å². The lowest BCUT2D eigenvalue weighted by Crippen LogP contribution is -2.57. The number of rotatable bonds is 3. The Morgan fingerprint density at radius 1 is 1.42 bits per heavy atom. The van der Waals surface area contributed by atoms with Gasteiger partial charge in [-0.15, -0.1) is 0 Å². The normalized spacial score (nSPS) is 21.6. The summed E-state index contributed by atoms with van der Waals surface area (Å²) in [6, 6.07) is 11.2. The summed E-state index contributed by atoms with van der Waals surface area (Å²) in [5.74, 6) is -0.962. The monoisotopic (exact) mass is 257 g/mol. The molecule has 1 heterocycles. The van der Waals surface area contributed by atoms with Gasteiger partial charge in [-0.3, -0.25) is 19.8 Å². The summed E-state index contributed by atoms with van der Waals surface area (Å²) < 4.78 is 0. The van der Waals surface area contributed by atoms with Crippen molar-refractivity contribution in [2.75, 3.05) is 13.1 Å². The Labute approximate surface area is 111 Å². The zero-order valence-corrected chi connectivity index (χ0v) is 10.7. The maximum absolute atomic E-state index is 11.6. The van der Waals surface area contributed by atoms with Gasteiger partial charge in [0.15, 0.2) is 0 Å². The molecule has 0 aliphatic carbocycles. The smallest absolute Gasteiger partial charge is 0.243 e. The Balaban J connectivity index is 2.12. The number of hydrogen-bond donors (Lipinski definition) is 1. The molecule has 1 aromatic rings. The van der Waals surface area contributed by atoms with Crippen LogP contribution in [0.5, 0.6) is 0 Å². The standard InChI is InChI=1S/C14H15N3O2/c1-10-14(19)16-13(18)9-17(10)8-12(7-15)11-5-3-2-4-6-11/h2-6,10,12H,8-9H2,1H3,(H,16,18,19). The molecule has 1 fully saturated rings. The van der Waals surface area contributed by atoms with E-state index in [0.717, 1.165) is 5.56 Å². The van der Waals surface area contributed by atoms with Crippen LogP contribution in [-0.2, 0) is 9.59 Å². The van der Waals surface area contributed by atoms with E-state index in [2.05, 4.69) is 11.4 Å². The molecule has 19 heavy (non-hydrogen) atoms. The van der Waals surface area contributed by atoms with Crippen LogP contribution in [0.15, 0.2) is 30.3 Å². The van der Waals surface area contributed by atoms with Crippen molar-refractivity contribution in [3.05, 3.63) is 35.9 Å². The number of hydrogen-bond acceptors (Lipinski definition) is 4. The number of benzene rings is 1. The summed E-state index contributed by atoms with van der Waals surface area (Å²) >= 11 is 0. The molecular weight excluding hydrogens is 242 g/mol. The number of nitriles is 1. The largest absolute Gasteiger partial charge is 0.294 e. The predicted molar refractivity (Wildman–Crippen MR) is 69.0 cm³/mol. The quantitative estimate of drug-likeness (QED) is 0.806. The highest BCUT2D eigenvalue weighted by atomic mass is 16.2. The molecule has 1 saturated heterocycles. The van der Waals surface area contributed by atoms with Crippen LogP contribution in [0.25, 0.3) is 0 Å². The number of piperazine rings is 1. The van der Waals surface area contributed by atoms with Gasteiger partial charge in [-0.05, 0) is 12.5 Å². The second-order valence-corrected chi connectivity index (χ2v) is 4.61. The van der Waals surface area contributed by atoms with E-state index in [0.29, 0.717) is 6.54 Å². The molecule has 1 aliphatic heterocycles. The molecule has 1 aliphatic rings. The third-order valence-electron chi connectivity index (χ3n) is 3.31. The summed E-state index contributed by atoms with van der Waals surface area (Å²) in [7, 11) is 0. The van der Waals surface area contributed by atoms with Crippen LogP contribution in [0.3, 0.4) is 0 Å². The van der Waals surface area contributed by atoms with Crippen molar-refractivity contribution in [2.45, 2.75) is 18.9 Å². The van der Waals surface area contributed by atoms with Gasteiger partial charge in [0.1, 0.15) is 0 Å². The first kappa shape index (κ1) is 13.2. The molecule has 0 saturated carbocycles. The highest BCUT2D eigenvalue weighted by Crippen LogP contribution is 2.18. The molecule has 98 valence electrons. The van der Waals surface area contributed by atoms with Crippen molar-refractivity contribution >= 4 is 11.8 Å². The van der Waals surface area contributed by atoms with Crippen LogP contribution in [-0.4, -0.2) is 35.8 Å². The molecule has 0 spiro atoms. The molecule has 1 aromatic carbocycles. The Hall–Kier alpha value is -2.19. The van der Waals surface area contributed by atoms with Crippen LogP contribution in [0, 0.1) is 11.3 Å². The predicted octanol–water partition coefficient (Wildman–Crippen LogP) is 0.641. The molecule has 2 amide bonds. The lowest BCUT2D eigenvalue weighted by molar-refractivity contribution is -0.139. The Morgan fingerprint density at radius 2 is 2.11 bits per heavy atom. The highest BCUT2D eigenvalue weighted by Gasteiger charge is 2.31. The molecular formula is C14H15N3O2. The molecule has 1 N–H and O–H groups in total. The topological polar surface area (TPSA) is 73.2 Å². The van der Waals surface area contributed by atoms with Gasteiger partial charge in [0.2, 0.25) is 11.8 Å². The first-order chi connectivity index (χ1) is 9.11. The first-order valence-electron chi connectivity index (χ1n) is 6.14. The fourth-order valence-corrected chi connectivity index (χ4v) is 2.13. The van der Waals surface area contributed by atoms with Gasteiger partial charge in [0.25, 0.3) is 0 Å². The zero-order valence-electron chi connectivity index (χ0n) is 10.7. The fraction of sp³-hybridized carbons (Fsp3) is 0.357. The highest BCUT2D eigenvalue weighted by molar-refractivity contribution is 6.00. The third kappa shape index (κ3) is 2.98. The van der Waals surface area contributed by atoms with Crippen LogP contribution >= 0.6 is 0 Å². The van der Waals surface area contributed by atoms with Gasteiger partial charge in [-0.2, -0.15) is 5.26 Å². The van der Waals surface area contributed by atoms with Crippen LogP contribution in [0.4, 0.5) is 0 Å². The SMILES string of the molecule is CC1C(=O)NC(=O)CN1CC(C#N)c1ccccc1. The van der Waals surface area contributed by atoms with Crippen LogP contribution < -0.4 is 5.32 Å². The molecule has 2 rings (SSSR count). The van der Waals surface area contributed by atoms with E-state index in [-0.39, 0.29) is 24.3 Å². The van der Waals surface area contributed by atoms with Crippen LogP contribution in [0.2, 0.25) is 0 Å². The average Bonchev–Trinajstić information content (AvgIpc) is 2.42.